The molecule has 1 aliphatic heterocycles. The monoisotopic (exact) mass is 302 g/mol. The molecule has 7 heteroatoms. The fourth-order valence-corrected chi connectivity index (χ4v) is 2.66. The molecule has 1 unspecified atom stereocenters. The largest absolute Gasteiger partial charge is 0.339 e. The van der Waals surface area contributed by atoms with Crippen molar-refractivity contribution in [3.05, 3.63) is 24.2 Å². The van der Waals surface area contributed by atoms with Crippen LogP contribution in [0, 0.1) is 0 Å². The van der Waals surface area contributed by atoms with Gasteiger partial charge in [0.15, 0.2) is 0 Å². The minimum absolute atomic E-state index is 0.510. The van der Waals surface area contributed by atoms with E-state index in [9.17, 15) is 0 Å². The molecule has 3 rings (SSSR count). The summed E-state index contributed by atoms with van der Waals surface area (Å²) in [5, 5.41) is 11.8. The number of nitrogens with zero attached hydrogens (tertiary/aromatic N) is 6. The van der Waals surface area contributed by atoms with Gasteiger partial charge in [-0.15, -0.1) is 5.10 Å². The average molecular weight is 302 g/mol. The van der Waals surface area contributed by atoms with E-state index < -0.39 is 0 Å². The molecular formula is C15H22N6O. The molecule has 22 heavy (non-hydrogen) atoms. The van der Waals surface area contributed by atoms with E-state index >= 15 is 0 Å². The lowest BCUT2D eigenvalue weighted by atomic mass is 10.1. The number of rotatable bonds is 5. The van der Waals surface area contributed by atoms with E-state index in [2.05, 4.69) is 44.1 Å². The topological polar surface area (TPSA) is 71.2 Å². The second-order valence-corrected chi connectivity index (χ2v) is 5.85. The summed E-state index contributed by atoms with van der Waals surface area (Å²) in [7, 11) is 2.18. The van der Waals surface area contributed by atoms with Gasteiger partial charge in [0.1, 0.15) is 5.69 Å². The Bertz CT molecular complexity index is 579. The predicted molar refractivity (Wildman–Crippen MR) is 82.2 cm³/mol. The minimum atomic E-state index is 0.510. The molecule has 1 fully saturated rings. The lowest BCUT2D eigenvalue weighted by molar-refractivity contribution is 0.113. The van der Waals surface area contributed by atoms with Gasteiger partial charge in [0.2, 0.25) is 11.7 Å². The molecule has 0 radical (unpaired) electrons. The molecule has 0 N–H and O–H groups in total. The van der Waals surface area contributed by atoms with Crippen LogP contribution in [0.3, 0.4) is 0 Å². The summed E-state index contributed by atoms with van der Waals surface area (Å²) in [5.41, 5.74) is 0.643. The van der Waals surface area contributed by atoms with E-state index in [1.165, 1.54) is 0 Å². The van der Waals surface area contributed by atoms with Gasteiger partial charge in [-0.25, -0.2) is 0 Å². The van der Waals surface area contributed by atoms with Crippen LogP contribution in [0.2, 0.25) is 0 Å². The SMILES string of the molecule is CC(CCc1nc(-c2cccnn2)no1)N1CCN(C)CC1. The van der Waals surface area contributed by atoms with Crippen LogP contribution < -0.4 is 0 Å². The van der Waals surface area contributed by atoms with Gasteiger partial charge in [-0.2, -0.15) is 10.1 Å². The van der Waals surface area contributed by atoms with E-state index in [4.69, 9.17) is 4.52 Å². The third-order valence-electron chi connectivity index (χ3n) is 4.21. The first-order valence-corrected chi connectivity index (χ1v) is 7.75. The van der Waals surface area contributed by atoms with E-state index in [1.54, 1.807) is 6.20 Å². The van der Waals surface area contributed by atoms with Crippen molar-refractivity contribution in [2.75, 3.05) is 33.2 Å². The van der Waals surface area contributed by atoms with Crippen molar-refractivity contribution in [3.63, 3.8) is 0 Å². The van der Waals surface area contributed by atoms with Gasteiger partial charge in [0, 0.05) is 44.8 Å². The first kappa shape index (κ1) is 15.1. The van der Waals surface area contributed by atoms with Crippen LogP contribution >= 0.6 is 0 Å². The zero-order chi connectivity index (χ0) is 15.4. The highest BCUT2D eigenvalue weighted by Crippen LogP contribution is 2.14. The minimum Gasteiger partial charge on any atom is -0.339 e. The molecule has 0 aliphatic carbocycles. The van der Waals surface area contributed by atoms with Crippen molar-refractivity contribution in [2.45, 2.75) is 25.8 Å². The Kier molecular flexibility index (Phi) is 4.74. The molecule has 1 atom stereocenters. The summed E-state index contributed by atoms with van der Waals surface area (Å²) >= 11 is 0. The Labute approximate surface area is 130 Å². The van der Waals surface area contributed by atoms with E-state index in [1.807, 2.05) is 12.1 Å². The van der Waals surface area contributed by atoms with E-state index in [0.717, 1.165) is 39.0 Å². The molecule has 7 nitrogen and oxygen atoms in total. The van der Waals surface area contributed by atoms with Crippen LogP contribution in [0.1, 0.15) is 19.2 Å². The van der Waals surface area contributed by atoms with E-state index in [0.29, 0.717) is 23.5 Å². The Hall–Kier alpha value is -1.86. The summed E-state index contributed by atoms with van der Waals surface area (Å²) < 4.78 is 5.32. The third-order valence-corrected chi connectivity index (χ3v) is 4.21. The number of hydrogen-bond donors (Lipinski definition) is 0. The van der Waals surface area contributed by atoms with Gasteiger partial charge in [-0.3, -0.25) is 4.90 Å². The molecule has 2 aromatic heterocycles. The van der Waals surface area contributed by atoms with Crippen molar-refractivity contribution in [1.82, 2.24) is 30.1 Å². The Morgan fingerprint density at radius 1 is 1.27 bits per heavy atom. The van der Waals surface area contributed by atoms with Crippen molar-refractivity contribution in [2.24, 2.45) is 0 Å². The van der Waals surface area contributed by atoms with Crippen molar-refractivity contribution >= 4 is 0 Å². The van der Waals surface area contributed by atoms with E-state index in [-0.39, 0.29) is 0 Å². The highest BCUT2D eigenvalue weighted by molar-refractivity contribution is 5.46. The lowest BCUT2D eigenvalue weighted by Gasteiger charge is -2.36. The highest BCUT2D eigenvalue weighted by atomic mass is 16.5. The predicted octanol–water partition coefficient (Wildman–Crippen LogP) is 1.10. The molecular weight excluding hydrogens is 280 g/mol. The van der Waals surface area contributed by atoms with Crippen LogP contribution in [0.5, 0.6) is 0 Å². The molecule has 1 aliphatic rings. The standard InChI is InChI=1S/C15H22N6O/c1-12(21-10-8-20(2)9-11-21)5-6-14-17-15(19-22-14)13-4-3-7-16-18-13/h3-4,7,12H,5-6,8-11H2,1-2H3. The number of likely N-dealkylation sites (N-methyl/N-ethyl adjacent to an activating group) is 1. The smallest absolute Gasteiger partial charge is 0.227 e. The fourth-order valence-electron chi connectivity index (χ4n) is 2.66. The number of aryl methyl sites for hydroxylation is 1. The average Bonchev–Trinajstić information content (AvgIpc) is 3.03. The molecule has 3 heterocycles. The molecule has 2 aromatic rings. The number of aromatic nitrogens is 4. The Morgan fingerprint density at radius 2 is 2.09 bits per heavy atom. The maximum Gasteiger partial charge on any atom is 0.227 e. The van der Waals surface area contributed by atoms with Crippen LogP contribution in [0.15, 0.2) is 22.9 Å². The highest BCUT2D eigenvalue weighted by Gasteiger charge is 2.20. The van der Waals surface area contributed by atoms with Crippen LogP contribution in [0.25, 0.3) is 11.5 Å². The first-order valence-electron chi connectivity index (χ1n) is 7.75. The summed E-state index contributed by atoms with van der Waals surface area (Å²) in [6.07, 6.45) is 3.44. The molecule has 1 saturated heterocycles. The normalized spacial score (nSPS) is 18.5. The van der Waals surface area contributed by atoms with Gasteiger partial charge in [-0.1, -0.05) is 5.16 Å². The fraction of sp³-hybridized carbons (Fsp3) is 0.600. The second kappa shape index (κ2) is 6.93. The number of piperazine rings is 1. The van der Waals surface area contributed by atoms with Gasteiger partial charge in [-0.05, 0) is 32.5 Å². The van der Waals surface area contributed by atoms with Gasteiger partial charge in [0.25, 0.3) is 0 Å². The summed E-state index contributed by atoms with van der Waals surface area (Å²) in [5.74, 6) is 1.18. The maximum absolute atomic E-state index is 5.32. The zero-order valence-electron chi connectivity index (χ0n) is 13.1. The van der Waals surface area contributed by atoms with Crippen molar-refractivity contribution in [3.8, 4) is 11.5 Å². The number of hydrogen-bond acceptors (Lipinski definition) is 7. The first-order chi connectivity index (χ1) is 10.7. The zero-order valence-corrected chi connectivity index (χ0v) is 13.1. The van der Waals surface area contributed by atoms with Gasteiger partial charge >= 0.3 is 0 Å². The molecule has 0 amide bonds. The molecule has 0 aromatic carbocycles. The van der Waals surface area contributed by atoms with Crippen LogP contribution in [-0.4, -0.2) is 69.4 Å². The lowest BCUT2D eigenvalue weighted by Crippen LogP contribution is -2.48. The Balaban J connectivity index is 1.53. The maximum atomic E-state index is 5.32. The van der Waals surface area contributed by atoms with Crippen molar-refractivity contribution < 1.29 is 4.52 Å². The second-order valence-electron chi connectivity index (χ2n) is 5.85. The summed E-state index contributed by atoms with van der Waals surface area (Å²) in [6, 6.07) is 4.17. The van der Waals surface area contributed by atoms with Gasteiger partial charge in [0.05, 0.1) is 0 Å². The molecule has 118 valence electrons. The van der Waals surface area contributed by atoms with Crippen molar-refractivity contribution in [1.29, 1.82) is 0 Å². The van der Waals surface area contributed by atoms with Crippen LogP contribution in [0.4, 0.5) is 0 Å². The Morgan fingerprint density at radius 3 is 2.82 bits per heavy atom. The summed E-state index contributed by atoms with van der Waals surface area (Å²) in [4.78, 5) is 9.30. The van der Waals surface area contributed by atoms with Gasteiger partial charge < -0.3 is 9.42 Å². The molecule has 0 bridgehead atoms. The molecule has 0 saturated carbocycles. The quantitative estimate of drug-likeness (QED) is 0.819. The third kappa shape index (κ3) is 3.66. The molecule has 0 spiro atoms. The summed E-state index contributed by atoms with van der Waals surface area (Å²) in [6.45, 7) is 6.81. The van der Waals surface area contributed by atoms with Crippen LogP contribution in [-0.2, 0) is 6.42 Å².